The van der Waals surface area contributed by atoms with Crippen LogP contribution in [0.2, 0.25) is 0 Å². The zero-order valence-corrected chi connectivity index (χ0v) is 10.2. The number of nitrogens with zero attached hydrogens (tertiary/aromatic N) is 3. The van der Waals surface area contributed by atoms with Crippen molar-refractivity contribution in [2.75, 3.05) is 7.05 Å². The lowest BCUT2D eigenvalue weighted by Crippen LogP contribution is -2.22. The van der Waals surface area contributed by atoms with Crippen LogP contribution in [0.25, 0.3) is 0 Å². The van der Waals surface area contributed by atoms with Gasteiger partial charge in [0.2, 0.25) is 5.85 Å². The maximum absolute atomic E-state index is 5.44. The van der Waals surface area contributed by atoms with Crippen LogP contribution in [0.5, 0.6) is 0 Å². The lowest BCUT2D eigenvalue weighted by Gasteiger charge is -2.25. The van der Waals surface area contributed by atoms with Gasteiger partial charge in [0, 0.05) is 12.5 Å². The van der Waals surface area contributed by atoms with E-state index in [1.165, 1.54) is 0 Å². The molecule has 4 nitrogen and oxygen atoms in total. The van der Waals surface area contributed by atoms with Gasteiger partial charge in [-0.2, -0.15) is 5.10 Å². The topological polar surface area (TPSA) is 37.2 Å². The van der Waals surface area contributed by atoms with Gasteiger partial charge in [0.05, 0.1) is 5.71 Å². The van der Waals surface area contributed by atoms with Crippen LogP contribution in [0.15, 0.2) is 10.3 Å². The third-order valence-corrected chi connectivity index (χ3v) is 5.13. The molecule has 0 saturated carbocycles. The predicted molar refractivity (Wildman–Crippen MR) is 59.6 cm³/mol. The highest BCUT2D eigenvalue weighted by atomic mass is 31.1. The zero-order valence-electron chi connectivity index (χ0n) is 9.27. The molecule has 5 heteroatoms. The summed E-state index contributed by atoms with van der Waals surface area (Å²) in [6.45, 7) is 8.51. The average molecular weight is 213 g/mol. The molecule has 0 aromatic rings. The van der Waals surface area contributed by atoms with Crippen LogP contribution >= 0.6 is 8.07 Å². The minimum atomic E-state index is -0.488. The Morgan fingerprint density at radius 1 is 1.43 bits per heavy atom. The summed E-state index contributed by atoms with van der Waals surface area (Å²) in [7, 11) is 1.52. The van der Waals surface area contributed by atoms with Crippen LogP contribution in [0.3, 0.4) is 0 Å². The molecule has 0 aliphatic carbocycles. The van der Waals surface area contributed by atoms with Gasteiger partial charge in [-0.1, -0.05) is 25.9 Å². The van der Waals surface area contributed by atoms with Crippen molar-refractivity contribution >= 4 is 19.2 Å². The van der Waals surface area contributed by atoms with Gasteiger partial charge in [0.1, 0.15) is 13.5 Å². The second-order valence-corrected chi connectivity index (χ2v) is 6.86. The van der Waals surface area contributed by atoms with E-state index in [4.69, 9.17) is 4.84 Å². The number of hydrogen-bond donors (Lipinski definition) is 0. The van der Waals surface area contributed by atoms with Crippen molar-refractivity contribution in [1.29, 1.82) is 0 Å². The van der Waals surface area contributed by atoms with Crippen LogP contribution in [-0.2, 0) is 4.84 Å². The molecule has 0 spiro atoms. The standard InChI is InChI=1S/C9H16N3OP/c1-6-7-13-11-8(9(2,3)4)14(7)12(5)10-6/h7H,1-5H3. The smallest absolute Gasteiger partial charge is 0.210 e. The molecule has 0 amide bonds. The molecule has 0 N–H and O–H groups in total. The largest absolute Gasteiger partial charge is 0.379 e. The molecular weight excluding hydrogens is 197 g/mol. The lowest BCUT2D eigenvalue weighted by atomic mass is 9.99. The van der Waals surface area contributed by atoms with Gasteiger partial charge in [0.25, 0.3) is 0 Å². The van der Waals surface area contributed by atoms with E-state index in [-0.39, 0.29) is 11.3 Å². The molecule has 0 aromatic heterocycles. The molecule has 2 aliphatic rings. The van der Waals surface area contributed by atoms with Gasteiger partial charge in [-0.15, -0.1) is 0 Å². The van der Waals surface area contributed by atoms with Crippen molar-refractivity contribution in [2.24, 2.45) is 15.7 Å². The first-order chi connectivity index (χ1) is 6.41. The normalized spacial score (nSPS) is 31.1. The first-order valence-electron chi connectivity index (χ1n) is 4.73. The first-order valence-corrected chi connectivity index (χ1v) is 6.10. The van der Waals surface area contributed by atoms with Crippen molar-refractivity contribution in [3.63, 3.8) is 0 Å². The van der Waals surface area contributed by atoms with Crippen LogP contribution in [0, 0.1) is 5.41 Å². The Bertz CT molecular complexity index is 319. The monoisotopic (exact) mass is 213 g/mol. The third kappa shape index (κ3) is 1.33. The van der Waals surface area contributed by atoms with E-state index in [0.29, 0.717) is 0 Å². The highest BCUT2D eigenvalue weighted by Crippen LogP contribution is 2.58. The summed E-state index contributed by atoms with van der Waals surface area (Å²) in [6.07, 6.45) is 0. The number of oxime groups is 1. The maximum atomic E-state index is 5.44. The molecule has 2 rings (SSSR count). The van der Waals surface area contributed by atoms with Gasteiger partial charge in [-0.3, -0.25) is 4.78 Å². The van der Waals surface area contributed by atoms with Crippen LogP contribution in [-0.4, -0.2) is 28.8 Å². The fourth-order valence-electron chi connectivity index (χ4n) is 1.65. The quantitative estimate of drug-likeness (QED) is 0.579. The molecule has 0 bridgehead atoms. The molecule has 2 heterocycles. The van der Waals surface area contributed by atoms with E-state index in [1.54, 1.807) is 0 Å². The van der Waals surface area contributed by atoms with Crippen molar-refractivity contribution in [1.82, 2.24) is 4.78 Å². The van der Waals surface area contributed by atoms with Gasteiger partial charge < -0.3 is 4.84 Å². The Hall–Kier alpha value is -0.630. The van der Waals surface area contributed by atoms with Gasteiger partial charge in [-0.05, 0) is 6.92 Å². The number of hydrazone groups is 1. The molecule has 0 radical (unpaired) electrons. The number of hydrogen-bond acceptors (Lipinski definition) is 4. The Balaban J connectivity index is 2.28. The second kappa shape index (κ2) is 2.93. The van der Waals surface area contributed by atoms with Gasteiger partial charge in [0.15, 0.2) is 0 Å². The molecule has 2 aliphatic heterocycles. The maximum Gasteiger partial charge on any atom is 0.210 e. The van der Waals surface area contributed by atoms with Gasteiger partial charge in [-0.25, -0.2) is 0 Å². The second-order valence-electron chi connectivity index (χ2n) is 4.70. The average Bonchev–Trinajstić information content (AvgIpc) is 2.53. The molecule has 14 heavy (non-hydrogen) atoms. The molecule has 0 fully saturated rings. The first kappa shape index (κ1) is 9.91. The van der Waals surface area contributed by atoms with Crippen LogP contribution in [0.1, 0.15) is 27.7 Å². The predicted octanol–water partition coefficient (Wildman–Crippen LogP) is 2.42. The summed E-state index contributed by atoms with van der Waals surface area (Å²) in [5.74, 6) is 0.101. The highest BCUT2D eigenvalue weighted by molar-refractivity contribution is 7.75. The van der Waals surface area contributed by atoms with Crippen molar-refractivity contribution in [3.8, 4) is 0 Å². The minimum Gasteiger partial charge on any atom is -0.379 e. The fourth-order valence-corrected chi connectivity index (χ4v) is 4.04. The van der Waals surface area contributed by atoms with E-state index in [0.717, 1.165) is 11.2 Å². The van der Waals surface area contributed by atoms with E-state index >= 15 is 0 Å². The molecule has 0 saturated heterocycles. The number of rotatable bonds is 0. The van der Waals surface area contributed by atoms with Crippen LogP contribution in [0.4, 0.5) is 0 Å². The Morgan fingerprint density at radius 3 is 2.64 bits per heavy atom. The molecule has 78 valence electrons. The molecule has 2 unspecified atom stereocenters. The van der Waals surface area contributed by atoms with E-state index in [1.807, 2.05) is 18.8 Å². The minimum absolute atomic E-state index is 0.0782. The number of fused-ring (bicyclic) bond motifs is 1. The summed E-state index contributed by atoms with van der Waals surface area (Å²) in [5.41, 5.74) is 2.27. The van der Waals surface area contributed by atoms with E-state index in [9.17, 15) is 0 Å². The zero-order chi connectivity index (χ0) is 10.5. The SMILES string of the molecule is CC1=NN(C)P2C(C(C)(C)C)=NOC12. The fraction of sp³-hybridized carbons (Fsp3) is 0.778. The molecular formula is C9H16N3OP. The summed E-state index contributed by atoms with van der Waals surface area (Å²) < 4.78 is 2.02. The summed E-state index contributed by atoms with van der Waals surface area (Å²) >= 11 is 0. The van der Waals surface area contributed by atoms with Crippen molar-refractivity contribution in [2.45, 2.75) is 33.5 Å². The van der Waals surface area contributed by atoms with Crippen LogP contribution < -0.4 is 0 Å². The lowest BCUT2D eigenvalue weighted by molar-refractivity contribution is 0.166. The summed E-state index contributed by atoms with van der Waals surface area (Å²) in [6, 6.07) is 0. The highest BCUT2D eigenvalue weighted by Gasteiger charge is 2.47. The van der Waals surface area contributed by atoms with E-state index in [2.05, 4.69) is 31.0 Å². The Morgan fingerprint density at radius 2 is 2.07 bits per heavy atom. The molecule has 2 atom stereocenters. The van der Waals surface area contributed by atoms with Crippen molar-refractivity contribution < 1.29 is 4.84 Å². The summed E-state index contributed by atoms with van der Waals surface area (Å²) in [5, 5.41) is 8.63. The Labute approximate surface area is 85.8 Å². The van der Waals surface area contributed by atoms with Gasteiger partial charge >= 0.3 is 0 Å². The summed E-state index contributed by atoms with van der Waals surface area (Å²) in [4.78, 5) is 5.44. The molecule has 0 aromatic carbocycles. The van der Waals surface area contributed by atoms with Crippen molar-refractivity contribution in [3.05, 3.63) is 0 Å². The third-order valence-electron chi connectivity index (χ3n) is 2.32. The van der Waals surface area contributed by atoms with E-state index < -0.39 is 8.07 Å². The Kier molecular flexibility index (Phi) is 2.07.